The summed E-state index contributed by atoms with van der Waals surface area (Å²) in [6.45, 7) is 6.59. The van der Waals surface area contributed by atoms with Gasteiger partial charge in [0, 0.05) is 23.7 Å². The summed E-state index contributed by atoms with van der Waals surface area (Å²) in [7, 11) is 1.91. The standard InChI is InChI=1S/C10H19N3S/c1-10(2,3)14-7-8(11)9-5-6-13(4)12-9/h5-6,8H,7,11H2,1-4H3. The van der Waals surface area contributed by atoms with Crippen LogP contribution in [0.1, 0.15) is 32.5 Å². The summed E-state index contributed by atoms with van der Waals surface area (Å²) in [5.41, 5.74) is 7.00. The van der Waals surface area contributed by atoms with Crippen LogP contribution in [0.5, 0.6) is 0 Å². The maximum absolute atomic E-state index is 6.02. The maximum Gasteiger partial charge on any atom is 0.0800 e. The molecule has 1 aromatic heterocycles. The highest BCUT2D eigenvalue weighted by Crippen LogP contribution is 2.26. The van der Waals surface area contributed by atoms with Gasteiger partial charge in [0.25, 0.3) is 0 Å². The average molecular weight is 213 g/mol. The van der Waals surface area contributed by atoms with Gasteiger partial charge in [-0.1, -0.05) is 20.8 Å². The van der Waals surface area contributed by atoms with Gasteiger partial charge >= 0.3 is 0 Å². The molecule has 80 valence electrons. The second-order valence-electron chi connectivity index (χ2n) is 4.44. The Morgan fingerprint density at radius 2 is 2.21 bits per heavy atom. The molecule has 1 atom stereocenters. The zero-order chi connectivity index (χ0) is 10.8. The van der Waals surface area contributed by atoms with Crippen molar-refractivity contribution in [3.63, 3.8) is 0 Å². The second-order valence-corrected chi connectivity index (χ2v) is 6.29. The first kappa shape index (κ1) is 11.6. The van der Waals surface area contributed by atoms with Crippen LogP contribution in [0.15, 0.2) is 12.3 Å². The fourth-order valence-corrected chi connectivity index (χ4v) is 1.91. The SMILES string of the molecule is Cn1ccc(C(N)CSC(C)(C)C)n1. The first-order valence-electron chi connectivity index (χ1n) is 4.77. The van der Waals surface area contributed by atoms with Crippen molar-refractivity contribution in [2.24, 2.45) is 12.8 Å². The van der Waals surface area contributed by atoms with Crippen molar-refractivity contribution in [2.75, 3.05) is 5.75 Å². The van der Waals surface area contributed by atoms with E-state index in [-0.39, 0.29) is 10.8 Å². The molecule has 0 aliphatic carbocycles. The smallest absolute Gasteiger partial charge is 0.0800 e. The van der Waals surface area contributed by atoms with Crippen LogP contribution in [0.2, 0.25) is 0 Å². The second kappa shape index (κ2) is 4.36. The topological polar surface area (TPSA) is 43.8 Å². The molecule has 1 heterocycles. The van der Waals surface area contributed by atoms with Crippen LogP contribution in [0.3, 0.4) is 0 Å². The fourth-order valence-electron chi connectivity index (χ4n) is 1.06. The van der Waals surface area contributed by atoms with Crippen LogP contribution in [0.4, 0.5) is 0 Å². The van der Waals surface area contributed by atoms with E-state index in [0.29, 0.717) is 0 Å². The lowest BCUT2D eigenvalue weighted by Crippen LogP contribution is -2.18. The van der Waals surface area contributed by atoms with E-state index in [1.807, 2.05) is 31.1 Å². The van der Waals surface area contributed by atoms with Crippen LogP contribution < -0.4 is 5.73 Å². The molecule has 0 aromatic carbocycles. The molecule has 0 amide bonds. The summed E-state index contributed by atoms with van der Waals surface area (Å²) in [4.78, 5) is 0. The number of nitrogens with zero attached hydrogens (tertiary/aromatic N) is 2. The minimum absolute atomic E-state index is 0.0421. The summed E-state index contributed by atoms with van der Waals surface area (Å²) >= 11 is 1.87. The molecule has 0 aliphatic heterocycles. The normalized spacial score (nSPS) is 14.4. The van der Waals surface area contributed by atoms with Crippen molar-refractivity contribution < 1.29 is 0 Å². The molecule has 0 saturated carbocycles. The summed E-state index contributed by atoms with van der Waals surface area (Å²) in [5, 5.41) is 4.29. The Labute approximate surface area is 90.1 Å². The van der Waals surface area contributed by atoms with Gasteiger partial charge in [-0.05, 0) is 6.07 Å². The Kier molecular flexibility index (Phi) is 3.61. The zero-order valence-electron chi connectivity index (χ0n) is 9.32. The minimum Gasteiger partial charge on any atom is -0.322 e. The average Bonchev–Trinajstić information content (AvgIpc) is 2.46. The van der Waals surface area contributed by atoms with Gasteiger partial charge in [0.15, 0.2) is 0 Å². The number of aromatic nitrogens is 2. The highest BCUT2D eigenvalue weighted by atomic mass is 32.2. The van der Waals surface area contributed by atoms with Gasteiger partial charge in [-0.15, -0.1) is 0 Å². The minimum atomic E-state index is 0.0421. The van der Waals surface area contributed by atoms with E-state index in [1.165, 1.54) is 0 Å². The number of hydrogen-bond acceptors (Lipinski definition) is 3. The predicted octanol–water partition coefficient (Wildman–Crippen LogP) is 1.95. The molecule has 14 heavy (non-hydrogen) atoms. The lowest BCUT2D eigenvalue weighted by molar-refractivity contribution is 0.700. The molecular weight excluding hydrogens is 194 g/mol. The molecule has 0 aliphatic rings. The van der Waals surface area contributed by atoms with Crippen molar-refractivity contribution in [2.45, 2.75) is 31.6 Å². The van der Waals surface area contributed by atoms with Gasteiger partial charge in [0.05, 0.1) is 11.7 Å². The lowest BCUT2D eigenvalue weighted by Gasteiger charge is -2.19. The van der Waals surface area contributed by atoms with E-state index in [2.05, 4.69) is 25.9 Å². The Morgan fingerprint density at radius 3 is 2.64 bits per heavy atom. The quantitative estimate of drug-likeness (QED) is 0.834. The number of hydrogen-bond donors (Lipinski definition) is 1. The van der Waals surface area contributed by atoms with E-state index in [4.69, 9.17) is 5.73 Å². The van der Waals surface area contributed by atoms with Gasteiger partial charge in [0.1, 0.15) is 0 Å². The molecule has 1 unspecified atom stereocenters. The number of rotatable bonds is 3. The van der Waals surface area contributed by atoms with E-state index >= 15 is 0 Å². The highest BCUT2D eigenvalue weighted by molar-refractivity contribution is 8.00. The van der Waals surface area contributed by atoms with Crippen LogP contribution >= 0.6 is 11.8 Å². The lowest BCUT2D eigenvalue weighted by atomic mass is 10.2. The Bertz CT molecular complexity index is 288. The molecule has 1 aromatic rings. The predicted molar refractivity (Wildman–Crippen MR) is 62.3 cm³/mol. The third-order valence-electron chi connectivity index (χ3n) is 1.81. The summed E-state index contributed by atoms with van der Waals surface area (Å²) < 4.78 is 2.06. The molecule has 0 bridgehead atoms. The van der Waals surface area contributed by atoms with Crippen molar-refractivity contribution in [3.05, 3.63) is 18.0 Å². The van der Waals surface area contributed by atoms with Crippen molar-refractivity contribution >= 4 is 11.8 Å². The van der Waals surface area contributed by atoms with E-state index in [9.17, 15) is 0 Å². The third-order valence-corrected chi connectivity index (χ3v) is 3.20. The van der Waals surface area contributed by atoms with Crippen molar-refractivity contribution in [1.82, 2.24) is 9.78 Å². The summed E-state index contributed by atoms with van der Waals surface area (Å²) in [6, 6.07) is 2.02. The first-order chi connectivity index (χ1) is 6.38. The molecule has 0 spiro atoms. The van der Waals surface area contributed by atoms with E-state index < -0.39 is 0 Å². The van der Waals surface area contributed by atoms with Gasteiger partial charge in [0.2, 0.25) is 0 Å². The number of thioether (sulfide) groups is 1. The highest BCUT2D eigenvalue weighted by Gasteiger charge is 2.15. The Balaban J connectivity index is 2.47. The molecular formula is C10H19N3S. The van der Waals surface area contributed by atoms with Gasteiger partial charge in [-0.2, -0.15) is 16.9 Å². The molecule has 0 radical (unpaired) electrons. The van der Waals surface area contributed by atoms with Crippen molar-refractivity contribution in [1.29, 1.82) is 0 Å². The number of nitrogens with two attached hydrogens (primary N) is 1. The maximum atomic E-state index is 6.02. The largest absolute Gasteiger partial charge is 0.322 e. The fraction of sp³-hybridized carbons (Fsp3) is 0.700. The van der Waals surface area contributed by atoms with Crippen LogP contribution in [0.25, 0.3) is 0 Å². The van der Waals surface area contributed by atoms with E-state index in [1.54, 1.807) is 4.68 Å². The molecule has 3 nitrogen and oxygen atoms in total. The third kappa shape index (κ3) is 3.72. The zero-order valence-corrected chi connectivity index (χ0v) is 10.1. The molecule has 1 rings (SSSR count). The van der Waals surface area contributed by atoms with Gasteiger partial charge in [-0.25, -0.2) is 0 Å². The van der Waals surface area contributed by atoms with E-state index in [0.717, 1.165) is 11.4 Å². The Morgan fingerprint density at radius 1 is 1.57 bits per heavy atom. The monoisotopic (exact) mass is 213 g/mol. The van der Waals surface area contributed by atoms with Gasteiger partial charge < -0.3 is 5.73 Å². The van der Waals surface area contributed by atoms with Crippen LogP contribution in [-0.4, -0.2) is 20.3 Å². The Hall–Kier alpha value is -0.480. The van der Waals surface area contributed by atoms with Crippen LogP contribution in [-0.2, 0) is 7.05 Å². The molecule has 4 heteroatoms. The summed E-state index contributed by atoms with van der Waals surface area (Å²) in [5.74, 6) is 0.917. The molecule has 2 N–H and O–H groups in total. The molecule has 0 saturated heterocycles. The van der Waals surface area contributed by atoms with Crippen LogP contribution in [0, 0.1) is 0 Å². The number of aryl methyl sites for hydroxylation is 1. The first-order valence-corrected chi connectivity index (χ1v) is 5.76. The van der Waals surface area contributed by atoms with Crippen molar-refractivity contribution in [3.8, 4) is 0 Å². The summed E-state index contributed by atoms with van der Waals surface area (Å²) in [6.07, 6.45) is 1.93. The molecule has 0 fully saturated rings. The van der Waals surface area contributed by atoms with Gasteiger partial charge in [-0.3, -0.25) is 4.68 Å².